The van der Waals surface area contributed by atoms with Gasteiger partial charge in [0, 0.05) is 17.0 Å². The van der Waals surface area contributed by atoms with Crippen LogP contribution >= 0.6 is 11.3 Å². The Hall–Kier alpha value is -3.19. The minimum absolute atomic E-state index is 0.567. The van der Waals surface area contributed by atoms with Crippen LogP contribution in [0, 0.1) is 0 Å². The van der Waals surface area contributed by atoms with Crippen molar-refractivity contribution in [2.45, 2.75) is 0 Å². The number of hydrogen-bond acceptors (Lipinski definition) is 7. The second-order valence-corrected chi connectivity index (χ2v) is 6.35. The van der Waals surface area contributed by atoms with Crippen LogP contribution in [0.5, 0.6) is 11.6 Å². The van der Waals surface area contributed by atoms with Crippen molar-refractivity contribution in [2.24, 2.45) is 0 Å². The van der Waals surface area contributed by atoms with Crippen molar-refractivity contribution < 1.29 is 9.47 Å². The molecule has 0 aliphatic carbocycles. The molecular weight excluding hydrogens is 348 g/mol. The number of methoxy groups -OCH3 is 2. The van der Waals surface area contributed by atoms with Gasteiger partial charge in [-0.05, 0) is 23.8 Å². The third kappa shape index (κ3) is 3.04. The Morgan fingerprint density at radius 3 is 2.46 bits per heavy atom. The average Bonchev–Trinajstić information content (AvgIpc) is 3.14. The van der Waals surface area contributed by atoms with Gasteiger partial charge < -0.3 is 14.8 Å². The smallest absolute Gasteiger partial charge is 0.213 e. The number of nitrogens with zero attached hydrogens (tertiary/aromatic N) is 3. The van der Waals surface area contributed by atoms with E-state index >= 15 is 0 Å². The van der Waals surface area contributed by atoms with Crippen LogP contribution in [0.15, 0.2) is 54.3 Å². The first-order chi connectivity index (χ1) is 12.8. The number of anilines is 2. The summed E-state index contributed by atoms with van der Waals surface area (Å²) in [5.74, 6) is 2.14. The van der Waals surface area contributed by atoms with Gasteiger partial charge in [-0.2, -0.15) is 0 Å². The van der Waals surface area contributed by atoms with E-state index in [0.29, 0.717) is 5.88 Å². The largest absolute Gasteiger partial charge is 0.497 e. The van der Waals surface area contributed by atoms with Crippen molar-refractivity contribution in [3.05, 3.63) is 54.3 Å². The third-order valence-electron chi connectivity index (χ3n) is 3.98. The predicted molar refractivity (Wildman–Crippen MR) is 103 cm³/mol. The maximum absolute atomic E-state index is 5.24. The van der Waals surface area contributed by atoms with Crippen molar-refractivity contribution in [1.29, 1.82) is 0 Å². The summed E-state index contributed by atoms with van der Waals surface area (Å²) in [6, 6.07) is 11.7. The highest BCUT2D eigenvalue weighted by molar-refractivity contribution is 7.17. The van der Waals surface area contributed by atoms with Gasteiger partial charge in [-0.1, -0.05) is 12.1 Å². The molecule has 1 aromatic carbocycles. The van der Waals surface area contributed by atoms with Gasteiger partial charge in [-0.15, -0.1) is 11.3 Å². The Morgan fingerprint density at radius 2 is 1.77 bits per heavy atom. The standard InChI is InChI=1S/C19H16N4O2S/c1-24-14-6-3-12(4-7-14)15-10-26-19-17(15)18(21-11-22-19)23-13-5-8-16(25-2)20-9-13/h3-11H,1-2H3,(H,21,22,23). The topological polar surface area (TPSA) is 69.2 Å². The predicted octanol–water partition coefficient (Wildman–Crippen LogP) is 4.51. The molecule has 7 heteroatoms. The number of hydrogen-bond donors (Lipinski definition) is 1. The highest BCUT2D eigenvalue weighted by Crippen LogP contribution is 2.37. The summed E-state index contributed by atoms with van der Waals surface area (Å²) in [7, 11) is 3.25. The first kappa shape index (κ1) is 16.3. The zero-order chi connectivity index (χ0) is 17.9. The van der Waals surface area contributed by atoms with E-state index in [1.165, 1.54) is 0 Å². The Morgan fingerprint density at radius 1 is 0.923 bits per heavy atom. The number of fused-ring (bicyclic) bond motifs is 1. The minimum Gasteiger partial charge on any atom is -0.497 e. The normalized spacial score (nSPS) is 10.7. The maximum atomic E-state index is 5.24. The Balaban J connectivity index is 1.75. The summed E-state index contributed by atoms with van der Waals surface area (Å²) in [6.07, 6.45) is 3.28. The van der Waals surface area contributed by atoms with Crippen molar-refractivity contribution >= 4 is 33.1 Å². The molecule has 0 fully saturated rings. The van der Waals surface area contributed by atoms with E-state index in [0.717, 1.165) is 38.6 Å². The fourth-order valence-electron chi connectivity index (χ4n) is 2.66. The highest BCUT2D eigenvalue weighted by Gasteiger charge is 2.13. The number of aromatic nitrogens is 3. The molecule has 3 aromatic heterocycles. The van der Waals surface area contributed by atoms with Crippen LogP contribution in [-0.2, 0) is 0 Å². The second kappa shape index (κ2) is 6.97. The van der Waals surface area contributed by atoms with Crippen molar-refractivity contribution in [2.75, 3.05) is 19.5 Å². The second-order valence-electron chi connectivity index (χ2n) is 5.49. The lowest BCUT2D eigenvalue weighted by Crippen LogP contribution is -1.96. The van der Waals surface area contributed by atoms with E-state index in [9.17, 15) is 0 Å². The molecule has 0 saturated heterocycles. The number of ether oxygens (including phenoxy) is 2. The van der Waals surface area contributed by atoms with Crippen LogP contribution in [0.4, 0.5) is 11.5 Å². The van der Waals surface area contributed by atoms with E-state index in [-0.39, 0.29) is 0 Å². The Kier molecular flexibility index (Phi) is 4.37. The summed E-state index contributed by atoms with van der Waals surface area (Å²) in [5.41, 5.74) is 3.00. The Bertz CT molecular complexity index is 1030. The van der Waals surface area contributed by atoms with Crippen molar-refractivity contribution in [1.82, 2.24) is 15.0 Å². The number of pyridine rings is 1. The number of nitrogens with one attached hydrogen (secondary N) is 1. The van der Waals surface area contributed by atoms with Crippen LogP contribution in [0.1, 0.15) is 0 Å². The SMILES string of the molecule is COc1ccc(-c2csc3ncnc(Nc4ccc(OC)nc4)c23)cc1. The van der Waals surface area contributed by atoms with E-state index in [2.05, 4.69) is 25.6 Å². The van der Waals surface area contributed by atoms with E-state index in [1.807, 2.05) is 30.3 Å². The number of thiophene rings is 1. The van der Waals surface area contributed by atoms with Gasteiger partial charge in [-0.25, -0.2) is 15.0 Å². The molecular formula is C19H16N4O2S. The molecule has 26 heavy (non-hydrogen) atoms. The van der Waals surface area contributed by atoms with Gasteiger partial charge in [0.15, 0.2) is 0 Å². The van der Waals surface area contributed by atoms with E-state index < -0.39 is 0 Å². The molecule has 0 saturated carbocycles. The molecule has 0 bridgehead atoms. The summed E-state index contributed by atoms with van der Waals surface area (Å²) >= 11 is 1.59. The Labute approximate surface area is 154 Å². The summed E-state index contributed by atoms with van der Waals surface area (Å²) in [5, 5.41) is 6.41. The van der Waals surface area contributed by atoms with Crippen molar-refractivity contribution in [3.8, 4) is 22.8 Å². The summed E-state index contributed by atoms with van der Waals surface area (Å²) in [6.45, 7) is 0. The number of benzene rings is 1. The highest BCUT2D eigenvalue weighted by atomic mass is 32.1. The molecule has 1 N–H and O–H groups in total. The van der Waals surface area contributed by atoms with Crippen LogP contribution in [-0.4, -0.2) is 29.2 Å². The lowest BCUT2D eigenvalue weighted by molar-refractivity contribution is 0.398. The number of rotatable bonds is 5. The molecule has 0 radical (unpaired) electrons. The monoisotopic (exact) mass is 364 g/mol. The van der Waals surface area contributed by atoms with Gasteiger partial charge >= 0.3 is 0 Å². The maximum Gasteiger partial charge on any atom is 0.213 e. The van der Waals surface area contributed by atoms with Crippen LogP contribution in [0.3, 0.4) is 0 Å². The fraction of sp³-hybridized carbons (Fsp3) is 0.105. The van der Waals surface area contributed by atoms with Gasteiger partial charge in [0.25, 0.3) is 0 Å². The first-order valence-corrected chi connectivity index (χ1v) is 8.80. The van der Waals surface area contributed by atoms with Crippen LogP contribution in [0.25, 0.3) is 21.3 Å². The molecule has 0 unspecified atom stereocenters. The fourth-order valence-corrected chi connectivity index (χ4v) is 3.58. The average molecular weight is 364 g/mol. The zero-order valence-corrected chi connectivity index (χ0v) is 15.1. The van der Waals surface area contributed by atoms with Gasteiger partial charge in [-0.3, -0.25) is 0 Å². The molecule has 0 aliphatic heterocycles. The zero-order valence-electron chi connectivity index (χ0n) is 14.3. The van der Waals surface area contributed by atoms with Gasteiger partial charge in [0.2, 0.25) is 5.88 Å². The molecule has 4 rings (SSSR count). The minimum atomic E-state index is 0.567. The molecule has 0 atom stereocenters. The molecule has 3 heterocycles. The lowest BCUT2D eigenvalue weighted by Gasteiger charge is -2.09. The molecule has 130 valence electrons. The van der Waals surface area contributed by atoms with Gasteiger partial charge in [0.1, 0.15) is 22.7 Å². The molecule has 4 aromatic rings. The molecule has 0 amide bonds. The molecule has 0 spiro atoms. The molecule has 0 aliphatic rings. The molecule has 6 nitrogen and oxygen atoms in total. The summed E-state index contributed by atoms with van der Waals surface area (Å²) in [4.78, 5) is 14.0. The van der Waals surface area contributed by atoms with Crippen LogP contribution < -0.4 is 14.8 Å². The quantitative estimate of drug-likeness (QED) is 0.562. The lowest BCUT2D eigenvalue weighted by atomic mass is 10.1. The van der Waals surface area contributed by atoms with Crippen LogP contribution in [0.2, 0.25) is 0 Å². The van der Waals surface area contributed by atoms with E-state index in [1.54, 1.807) is 44.1 Å². The van der Waals surface area contributed by atoms with E-state index in [4.69, 9.17) is 9.47 Å². The first-order valence-electron chi connectivity index (χ1n) is 7.92. The van der Waals surface area contributed by atoms with Gasteiger partial charge in [0.05, 0.1) is 31.5 Å². The third-order valence-corrected chi connectivity index (χ3v) is 4.87. The summed E-state index contributed by atoms with van der Waals surface area (Å²) < 4.78 is 10.3. The van der Waals surface area contributed by atoms with Crippen molar-refractivity contribution in [3.63, 3.8) is 0 Å².